The summed E-state index contributed by atoms with van der Waals surface area (Å²) in [5.41, 5.74) is 9.53. The zero-order valence-electron chi connectivity index (χ0n) is 8.83. The molecular weight excluding hydrogens is 174 g/mol. The molecule has 2 unspecified atom stereocenters. The van der Waals surface area contributed by atoms with Crippen LogP contribution in [-0.4, -0.2) is 16.0 Å². The van der Waals surface area contributed by atoms with Crippen molar-refractivity contribution in [3.63, 3.8) is 0 Å². The minimum absolute atomic E-state index is 0.294. The third-order valence-corrected chi connectivity index (χ3v) is 3.30. The number of aromatic nitrogens is 2. The number of rotatable bonds is 1. The van der Waals surface area contributed by atoms with Gasteiger partial charge in [0.1, 0.15) is 6.33 Å². The number of hydrogen-bond donors (Lipinski definition) is 1. The van der Waals surface area contributed by atoms with Crippen LogP contribution < -0.4 is 5.73 Å². The van der Waals surface area contributed by atoms with Crippen LogP contribution in [0, 0.1) is 13.8 Å². The highest BCUT2D eigenvalue weighted by atomic mass is 14.9. The molecule has 1 aromatic heterocycles. The Morgan fingerprint density at radius 2 is 2.07 bits per heavy atom. The molecule has 3 nitrogen and oxygen atoms in total. The first-order valence-electron chi connectivity index (χ1n) is 5.24. The molecule has 1 heterocycles. The molecule has 1 aliphatic carbocycles. The molecule has 1 saturated carbocycles. The van der Waals surface area contributed by atoms with Gasteiger partial charge in [0, 0.05) is 17.7 Å². The molecule has 1 aromatic rings. The average Bonchev–Trinajstić information content (AvgIpc) is 2.57. The molecule has 0 aromatic carbocycles. The minimum Gasteiger partial charge on any atom is -0.327 e. The number of nitrogens with two attached hydrogens (primary N) is 1. The Labute approximate surface area is 84.8 Å². The predicted octanol–water partition coefficient (Wildman–Crippen LogP) is 1.69. The second-order valence-corrected chi connectivity index (χ2v) is 4.17. The van der Waals surface area contributed by atoms with Gasteiger partial charge < -0.3 is 5.73 Å². The third kappa shape index (κ3) is 1.52. The predicted molar refractivity (Wildman–Crippen MR) is 56.1 cm³/mol. The van der Waals surface area contributed by atoms with Gasteiger partial charge >= 0.3 is 0 Å². The van der Waals surface area contributed by atoms with Crippen molar-refractivity contribution >= 4 is 0 Å². The lowest BCUT2D eigenvalue weighted by atomic mass is 9.96. The van der Waals surface area contributed by atoms with Crippen LogP contribution in [0.2, 0.25) is 0 Å². The second kappa shape index (κ2) is 3.65. The molecular formula is C11H17N3. The molecule has 2 rings (SSSR count). The first-order chi connectivity index (χ1) is 6.70. The Bertz CT molecular complexity index is 335. The van der Waals surface area contributed by atoms with Crippen LogP contribution in [0.3, 0.4) is 0 Å². The van der Waals surface area contributed by atoms with Crippen LogP contribution in [0.4, 0.5) is 0 Å². The van der Waals surface area contributed by atoms with Gasteiger partial charge in [-0.3, -0.25) is 0 Å². The molecule has 0 amide bonds. The van der Waals surface area contributed by atoms with E-state index < -0.39 is 0 Å². The molecule has 0 spiro atoms. The zero-order valence-corrected chi connectivity index (χ0v) is 8.83. The molecule has 0 bridgehead atoms. The summed E-state index contributed by atoms with van der Waals surface area (Å²) >= 11 is 0. The summed E-state index contributed by atoms with van der Waals surface area (Å²) in [7, 11) is 0. The lowest BCUT2D eigenvalue weighted by Crippen LogP contribution is -2.24. The summed E-state index contributed by atoms with van der Waals surface area (Å²) in [4.78, 5) is 8.56. The Kier molecular flexibility index (Phi) is 2.50. The van der Waals surface area contributed by atoms with Crippen molar-refractivity contribution in [2.24, 2.45) is 5.73 Å². The quantitative estimate of drug-likeness (QED) is 0.735. The van der Waals surface area contributed by atoms with Gasteiger partial charge in [0.2, 0.25) is 0 Å². The molecule has 76 valence electrons. The molecule has 14 heavy (non-hydrogen) atoms. The van der Waals surface area contributed by atoms with Crippen molar-refractivity contribution in [3.05, 3.63) is 23.3 Å². The van der Waals surface area contributed by atoms with E-state index in [2.05, 4.69) is 16.9 Å². The third-order valence-electron chi connectivity index (χ3n) is 3.30. The SMILES string of the molecule is Cc1ncnc(C2CCCC2N)c1C. The lowest BCUT2D eigenvalue weighted by molar-refractivity contribution is 0.592. The first kappa shape index (κ1) is 9.59. The molecule has 0 radical (unpaired) electrons. The Morgan fingerprint density at radius 3 is 2.71 bits per heavy atom. The number of hydrogen-bond acceptors (Lipinski definition) is 3. The van der Waals surface area contributed by atoms with E-state index in [1.165, 1.54) is 24.1 Å². The normalized spacial score (nSPS) is 26.8. The van der Waals surface area contributed by atoms with Gasteiger partial charge in [-0.1, -0.05) is 6.42 Å². The fraction of sp³-hybridized carbons (Fsp3) is 0.636. The maximum absolute atomic E-state index is 6.07. The molecule has 3 heteroatoms. The largest absolute Gasteiger partial charge is 0.327 e. The standard InChI is InChI=1S/C11H17N3/c1-7-8(2)13-6-14-11(7)9-4-3-5-10(9)12/h6,9-10H,3-5,12H2,1-2H3. The topological polar surface area (TPSA) is 51.8 Å². The van der Waals surface area contributed by atoms with Crippen LogP contribution in [0.25, 0.3) is 0 Å². The van der Waals surface area contributed by atoms with Crippen LogP contribution >= 0.6 is 0 Å². The second-order valence-electron chi connectivity index (χ2n) is 4.17. The minimum atomic E-state index is 0.294. The van der Waals surface area contributed by atoms with E-state index in [4.69, 9.17) is 5.73 Å². The summed E-state index contributed by atoms with van der Waals surface area (Å²) in [6.07, 6.45) is 5.20. The van der Waals surface area contributed by atoms with Gasteiger partial charge in [0.15, 0.2) is 0 Å². The Balaban J connectivity index is 2.36. The van der Waals surface area contributed by atoms with E-state index >= 15 is 0 Å². The van der Waals surface area contributed by atoms with E-state index in [9.17, 15) is 0 Å². The van der Waals surface area contributed by atoms with Crippen molar-refractivity contribution in [2.45, 2.75) is 45.1 Å². The summed E-state index contributed by atoms with van der Waals surface area (Å²) in [6, 6.07) is 0.294. The van der Waals surface area contributed by atoms with Crippen LogP contribution in [0.1, 0.15) is 42.1 Å². The monoisotopic (exact) mass is 191 g/mol. The highest BCUT2D eigenvalue weighted by Gasteiger charge is 2.28. The zero-order chi connectivity index (χ0) is 10.1. The number of aryl methyl sites for hydroxylation is 1. The maximum atomic E-state index is 6.07. The summed E-state index contributed by atoms with van der Waals surface area (Å²) in [5, 5.41) is 0. The van der Waals surface area contributed by atoms with Gasteiger partial charge in [-0.15, -0.1) is 0 Å². The van der Waals surface area contributed by atoms with Crippen molar-refractivity contribution in [1.82, 2.24) is 9.97 Å². The van der Waals surface area contributed by atoms with E-state index in [0.29, 0.717) is 12.0 Å². The van der Waals surface area contributed by atoms with E-state index in [-0.39, 0.29) is 0 Å². The highest BCUT2D eigenvalue weighted by molar-refractivity contribution is 5.26. The molecule has 1 aliphatic rings. The first-order valence-corrected chi connectivity index (χ1v) is 5.24. The van der Waals surface area contributed by atoms with Crippen LogP contribution in [0.15, 0.2) is 6.33 Å². The molecule has 0 aliphatic heterocycles. The highest BCUT2D eigenvalue weighted by Crippen LogP contribution is 2.33. The lowest BCUT2D eigenvalue weighted by Gasteiger charge is -2.17. The fourth-order valence-electron chi connectivity index (χ4n) is 2.26. The van der Waals surface area contributed by atoms with Gasteiger partial charge in [-0.05, 0) is 32.3 Å². The summed E-state index contributed by atoms with van der Waals surface area (Å²) in [5.74, 6) is 0.455. The van der Waals surface area contributed by atoms with Crippen molar-refractivity contribution in [1.29, 1.82) is 0 Å². The molecule has 1 fully saturated rings. The smallest absolute Gasteiger partial charge is 0.115 e. The van der Waals surface area contributed by atoms with E-state index in [0.717, 1.165) is 12.1 Å². The Hall–Kier alpha value is -0.960. The fourth-order valence-corrected chi connectivity index (χ4v) is 2.26. The molecule has 0 saturated heterocycles. The van der Waals surface area contributed by atoms with E-state index in [1.807, 2.05) is 6.92 Å². The molecule has 2 atom stereocenters. The van der Waals surface area contributed by atoms with Gasteiger partial charge in [0.25, 0.3) is 0 Å². The van der Waals surface area contributed by atoms with Gasteiger partial charge in [0.05, 0.1) is 5.69 Å². The average molecular weight is 191 g/mol. The van der Waals surface area contributed by atoms with Gasteiger partial charge in [-0.2, -0.15) is 0 Å². The molecule has 2 N–H and O–H groups in total. The van der Waals surface area contributed by atoms with Gasteiger partial charge in [-0.25, -0.2) is 9.97 Å². The van der Waals surface area contributed by atoms with Crippen molar-refractivity contribution < 1.29 is 0 Å². The van der Waals surface area contributed by atoms with Crippen molar-refractivity contribution in [3.8, 4) is 0 Å². The van der Waals surface area contributed by atoms with E-state index in [1.54, 1.807) is 6.33 Å². The van der Waals surface area contributed by atoms with Crippen molar-refractivity contribution in [2.75, 3.05) is 0 Å². The van der Waals surface area contributed by atoms with Crippen LogP contribution in [0.5, 0.6) is 0 Å². The number of nitrogens with zero attached hydrogens (tertiary/aromatic N) is 2. The Morgan fingerprint density at radius 1 is 1.29 bits per heavy atom. The van der Waals surface area contributed by atoms with Crippen LogP contribution in [-0.2, 0) is 0 Å². The summed E-state index contributed by atoms with van der Waals surface area (Å²) in [6.45, 7) is 4.12. The summed E-state index contributed by atoms with van der Waals surface area (Å²) < 4.78 is 0. The maximum Gasteiger partial charge on any atom is 0.115 e.